The molecule has 2 heteroatoms. The Bertz CT molecular complexity index is 680. The van der Waals surface area contributed by atoms with Gasteiger partial charge >= 0.3 is 0 Å². The molecule has 0 saturated heterocycles. The largest absolute Gasteiger partial charge is 0.396 e. The van der Waals surface area contributed by atoms with Gasteiger partial charge in [0.25, 0.3) is 0 Å². The van der Waals surface area contributed by atoms with Crippen molar-refractivity contribution in [2.75, 3.05) is 6.61 Å². The molecule has 0 unspecified atom stereocenters. The van der Waals surface area contributed by atoms with E-state index in [0.29, 0.717) is 17.4 Å². The Balaban J connectivity index is 1.32. The Morgan fingerprint density at radius 1 is 0.879 bits per heavy atom. The molecule has 0 aromatic heterocycles. The molecule has 0 aliphatic heterocycles. The second kappa shape index (κ2) is 10.3. The maximum atomic E-state index is 10.7. The van der Waals surface area contributed by atoms with Crippen LogP contribution >= 0.6 is 0 Å². The molecular formula is C31H54O2. The number of fused-ring (bicyclic) bond motifs is 5. The van der Waals surface area contributed by atoms with Gasteiger partial charge in [0, 0.05) is 6.61 Å². The van der Waals surface area contributed by atoms with Gasteiger partial charge in [-0.15, -0.1) is 0 Å². The van der Waals surface area contributed by atoms with Crippen LogP contribution in [0.15, 0.2) is 11.6 Å². The predicted octanol–water partition coefficient (Wildman–Crippen LogP) is 8.07. The molecule has 0 heterocycles. The minimum atomic E-state index is -0.478. The number of rotatable bonds is 10. The highest BCUT2D eigenvalue weighted by Crippen LogP contribution is 2.67. The van der Waals surface area contributed by atoms with E-state index >= 15 is 0 Å². The van der Waals surface area contributed by atoms with E-state index in [2.05, 4.69) is 33.8 Å². The molecule has 0 aromatic carbocycles. The third kappa shape index (κ3) is 5.13. The smallest absolute Gasteiger partial charge is 0.0657 e. The lowest BCUT2D eigenvalue weighted by Crippen LogP contribution is -2.52. The molecule has 3 saturated carbocycles. The SMILES string of the molecule is C[C@H](CCCCCCCCCO)[C@H]1CC[C@H]2[C@@H]3CC=C4C[C@@](C)(O)CC[C@]4(C)[C@H]3CC[C@]12C. The summed E-state index contributed by atoms with van der Waals surface area (Å²) in [5.41, 5.74) is 2.04. The minimum Gasteiger partial charge on any atom is -0.396 e. The van der Waals surface area contributed by atoms with Crippen molar-refractivity contribution < 1.29 is 10.2 Å². The van der Waals surface area contributed by atoms with E-state index in [-0.39, 0.29) is 0 Å². The van der Waals surface area contributed by atoms with Crippen LogP contribution in [0.4, 0.5) is 0 Å². The summed E-state index contributed by atoms with van der Waals surface area (Å²) in [6.45, 7) is 10.2. The Morgan fingerprint density at radius 3 is 2.30 bits per heavy atom. The van der Waals surface area contributed by atoms with Gasteiger partial charge in [-0.1, -0.05) is 77.4 Å². The van der Waals surface area contributed by atoms with E-state index in [1.807, 2.05) is 0 Å². The first-order chi connectivity index (χ1) is 15.7. The fourth-order valence-electron chi connectivity index (χ4n) is 9.44. The van der Waals surface area contributed by atoms with Crippen LogP contribution in [0.1, 0.15) is 130 Å². The number of hydrogen-bond donors (Lipinski definition) is 2. The van der Waals surface area contributed by atoms with Gasteiger partial charge in [-0.05, 0) is 105 Å². The van der Waals surface area contributed by atoms with E-state index in [0.717, 1.165) is 48.9 Å². The molecule has 0 bridgehead atoms. The standard InChI is InChI=1S/C31H54O2/c1-23(12-10-8-6-5-7-9-11-21-32)26-15-16-27-25-14-13-24-22-29(2,33)19-20-30(24,3)28(25)17-18-31(26,27)4/h13,23,25-28,32-33H,5-12,14-22H2,1-4H3/t23-,25+,26-,27+,28+,29+,30+,31-/m1/s1. The zero-order chi connectivity index (χ0) is 23.7. The molecule has 0 spiro atoms. The highest BCUT2D eigenvalue weighted by molar-refractivity contribution is 5.26. The lowest BCUT2D eigenvalue weighted by atomic mass is 9.46. The van der Waals surface area contributed by atoms with E-state index in [4.69, 9.17) is 5.11 Å². The first-order valence-corrected chi connectivity index (χ1v) is 14.7. The van der Waals surface area contributed by atoms with E-state index in [1.165, 1.54) is 83.5 Å². The Labute approximate surface area is 205 Å². The maximum Gasteiger partial charge on any atom is 0.0657 e. The minimum absolute atomic E-state index is 0.355. The van der Waals surface area contributed by atoms with Crippen molar-refractivity contribution in [3.63, 3.8) is 0 Å². The molecule has 0 amide bonds. The topological polar surface area (TPSA) is 40.5 Å². The van der Waals surface area contributed by atoms with E-state index in [9.17, 15) is 5.11 Å². The maximum absolute atomic E-state index is 10.7. The number of aliphatic hydroxyl groups is 2. The number of hydrogen-bond acceptors (Lipinski definition) is 2. The summed E-state index contributed by atoms with van der Waals surface area (Å²) >= 11 is 0. The first-order valence-electron chi connectivity index (χ1n) is 14.7. The van der Waals surface area contributed by atoms with E-state index < -0.39 is 5.60 Å². The van der Waals surface area contributed by atoms with Gasteiger partial charge in [0.1, 0.15) is 0 Å². The van der Waals surface area contributed by atoms with Crippen LogP contribution in [0.3, 0.4) is 0 Å². The first kappa shape index (κ1) is 25.7. The van der Waals surface area contributed by atoms with Gasteiger partial charge < -0.3 is 10.2 Å². The van der Waals surface area contributed by atoms with Crippen molar-refractivity contribution >= 4 is 0 Å². The average Bonchev–Trinajstić information content (AvgIpc) is 3.13. The predicted molar refractivity (Wildman–Crippen MR) is 139 cm³/mol. The van der Waals surface area contributed by atoms with Gasteiger partial charge in [-0.25, -0.2) is 0 Å². The summed E-state index contributed by atoms with van der Waals surface area (Å²) in [5, 5.41) is 19.6. The second-order valence-corrected chi connectivity index (χ2v) is 13.6. The van der Waals surface area contributed by atoms with Crippen molar-refractivity contribution in [3.05, 3.63) is 11.6 Å². The molecule has 190 valence electrons. The van der Waals surface area contributed by atoms with Crippen LogP contribution in [0, 0.1) is 40.4 Å². The van der Waals surface area contributed by atoms with Gasteiger partial charge in [0.15, 0.2) is 0 Å². The Kier molecular flexibility index (Phi) is 8.06. The van der Waals surface area contributed by atoms with Gasteiger partial charge in [-0.3, -0.25) is 0 Å². The van der Waals surface area contributed by atoms with Crippen molar-refractivity contribution in [3.8, 4) is 0 Å². The van der Waals surface area contributed by atoms with Crippen LogP contribution in [0.25, 0.3) is 0 Å². The van der Waals surface area contributed by atoms with Crippen molar-refractivity contribution in [1.29, 1.82) is 0 Å². The molecule has 0 radical (unpaired) electrons. The molecule has 0 aromatic rings. The van der Waals surface area contributed by atoms with Crippen LogP contribution in [0.5, 0.6) is 0 Å². The van der Waals surface area contributed by atoms with Crippen molar-refractivity contribution in [2.24, 2.45) is 40.4 Å². The fourth-order valence-corrected chi connectivity index (χ4v) is 9.44. The number of unbranched alkanes of at least 4 members (excludes halogenated alkanes) is 6. The van der Waals surface area contributed by atoms with Crippen molar-refractivity contribution in [1.82, 2.24) is 0 Å². The molecule has 2 N–H and O–H groups in total. The molecule has 4 rings (SSSR count). The van der Waals surface area contributed by atoms with Gasteiger partial charge in [0.2, 0.25) is 0 Å². The molecule has 4 aliphatic carbocycles. The second-order valence-electron chi connectivity index (χ2n) is 13.6. The fraction of sp³-hybridized carbons (Fsp3) is 0.935. The summed E-state index contributed by atoms with van der Waals surface area (Å²) in [4.78, 5) is 0. The summed E-state index contributed by atoms with van der Waals surface area (Å²) < 4.78 is 0. The lowest BCUT2D eigenvalue weighted by molar-refractivity contribution is -0.0705. The zero-order valence-corrected chi connectivity index (χ0v) is 22.4. The molecule has 4 aliphatic rings. The molecule has 33 heavy (non-hydrogen) atoms. The van der Waals surface area contributed by atoms with E-state index in [1.54, 1.807) is 5.57 Å². The number of aliphatic hydroxyl groups excluding tert-OH is 1. The quantitative estimate of drug-likeness (QED) is 0.257. The summed E-state index contributed by atoms with van der Waals surface area (Å²) in [6.07, 6.45) is 23.2. The van der Waals surface area contributed by atoms with Crippen LogP contribution in [0.2, 0.25) is 0 Å². The molecule has 3 fully saturated rings. The molecular weight excluding hydrogens is 404 g/mol. The molecule has 8 atom stereocenters. The third-order valence-corrected chi connectivity index (χ3v) is 11.5. The van der Waals surface area contributed by atoms with Crippen LogP contribution in [-0.2, 0) is 0 Å². The normalized spacial score (nSPS) is 43.4. The molecule has 2 nitrogen and oxygen atoms in total. The zero-order valence-electron chi connectivity index (χ0n) is 22.4. The Morgan fingerprint density at radius 2 is 1.58 bits per heavy atom. The Hall–Kier alpha value is -0.340. The summed E-state index contributed by atoms with van der Waals surface area (Å²) in [5.74, 6) is 4.47. The van der Waals surface area contributed by atoms with Crippen LogP contribution < -0.4 is 0 Å². The summed E-state index contributed by atoms with van der Waals surface area (Å²) in [6, 6.07) is 0. The monoisotopic (exact) mass is 458 g/mol. The highest BCUT2D eigenvalue weighted by atomic mass is 16.3. The average molecular weight is 459 g/mol. The van der Waals surface area contributed by atoms with Crippen LogP contribution in [-0.4, -0.2) is 22.4 Å². The highest BCUT2D eigenvalue weighted by Gasteiger charge is 2.59. The van der Waals surface area contributed by atoms with Gasteiger partial charge in [0.05, 0.1) is 5.60 Å². The third-order valence-electron chi connectivity index (χ3n) is 11.5. The van der Waals surface area contributed by atoms with Gasteiger partial charge in [-0.2, -0.15) is 0 Å². The van der Waals surface area contributed by atoms with Crippen molar-refractivity contribution in [2.45, 2.75) is 136 Å². The number of allylic oxidation sites excluding steroid dienone is 1. The summed E-state index contributed by atoms with van der Waals surface area (Å²) in [7, 11) is 0. The lowest BCUT2D eigenvalue weighted by Gasteiger charge is -2.59.